The van der Waals surface area contributed by atoms with E-state index in [4.69, 9.17) is 0 Å². The van der Waals surface area contributed by atoms with E-state index < -0.39 is 11.1 Å². The number of thioether (sulfide) groups is 1. The van der Waals surface area contributed by atoms with Crippen LogP contribution in [-0.4, -0.2) is 33.7 Å². The SMILES string of the molecule is CCN1C(=O)[C@@H](CC(=O)Nc2cccc(C)c2C)SC1=Nc1ccccc1F. The van der Waals surface area contributed by atoms with Crippen molar-refractivity contribution in [3.05, 3.63) is 59.4 Å². The third-order valence-corrected chi connectivity index (χ3v) is 5.83. The number of aliphatic imine (C=N–C) groups is 1. The highest BCUT2D eigenvalue weighted by molar-refractivity contribution is 8.15. The van der Waals surface area contributed by atoms with Crippen molar-refractivity contribution in [1.82, 2.24) is 4.90 Å². The normalized spacial score (nSPS) is 18.0. The maximum atomic E-state index is 13.9. The van der Waals surface area contributed by atoms with Crippen molar-refractivity contribution in [3.63, 3.8) is 0 Å². The van der Waals surface area contributed by atoms with E-state index >= 15 is 0 Å². The molecule has 7 heteroatoms. The second kappa shape index (κ2) is 8.56. The lowest BCUT2D eigenvalue weighted by atomic mass is 10.1. The smallest absolute Gasteiger partial charge is 0.242 e. The first-order valence-corrected chi connectivity index (χ1v) is 9.96. The lowest BCUT2D eigenvalue weighted by Crippen LogP contribution is -2.33. The molecular weight excluding hydrogens is 377 g/mol. The van der Waals surface area contributed by atoms with Gasteiger partial charge in [-0.1, -0.05) is 36.0 Å². The van der Waals surface area contributed by atoms with Gasteiger partial charge in [0, 0.05) is 18.7 Å². The van der Waals surface area contributed by atoms with Crippen LogP contribution in [0.2, 0.25) is 0 Å². The quantitative estimate of drug-likeness (QED) is 0.809. The summed E-state index contributed by atoms with van der Waals surface area (Å²) in [5, 5.41) is 2.73. The number of anilines is 1. The van der Waals surface area contributed by atoms with Crippen molar-refractivity contribution in [1.29, 1.82) is 0 Å². The van der Waals surface area contributed by atoms with Crippen molar-refractivity contribution in [2.75, 3.05) is 11.9 Å². The van der Waals surface area contributed by atoms with E-state index in [-0.39, 0.29) is 23.9 Å². The van der Waals surface area contributed by atoms with Crippen molar-refractivity contribution in [2.45, 2.75) is 32.4 Å². The molecule has 2 aromatic carbocycles. The lowest BCUT2D eigenvalue weighted by molar-refractivity contribution is -0.128. The van der Waals surface area contributed by atoms with Crippen LogP contribution < -0.4 is 5.32 Å². The van der Waals surface area contributed by atoms with E-state index in [9.17, 15) is 14.0 Å². The Hall–Kier alpha value is -2.67. The van der Waals surface area contributed by atoms with Gasteiger partial charge in [-0.3, -0.25) is 14.5 Å². The van der Waals surface area contributed by atoms with Crippen LogP contribution in [-0.2, 0) is 9.59 Å². The number of aryl methyl sites for hydroxylation is 1. The van der Waals surface area contributed by atoms with Crippen molar-refractivity contribution in [2.24, 2.45) is 4.99 Å². The number of para-hydroxylation sites is 1. The van der Waals surface area contributed by atoms with Gasteiger partial charge >= 0.3 is 0 Å². The zero-order chi connectivity index (χ0) is 20.3. The van der Waals surface area contributed by atoms with E-state index in [1.807, 2.05) is 39.0 Å². The van der Waals surface area contributed by atoms with Gasteiger partial charge in [-0.05, 0) is 50.1 Å². The first-order valence-electron chi connectivity index (χ1n) is 9.08. The molecule has 1 saturated heterocycles. The summed E-state index contributed by atoms with van der Waals surface area (Å²) in [6.45, 7) is 6.16. The number of halogens is 1. The summed E-state index contributed by atoms with van der Waals surface area (Å²) >= 11 is 1.20. The zero-order valence-electron chi connectivity index (χ0n) is 16.0. The minimum atomic E-state index is -0.574. The molecule has 1 aliphatic heterocycles. The van der Waals surface area contributed by atoms with E-state index in [0.717, 1.165) is 16.8 Å². The molecule has 2 amide bonds. The number of hydrogen-bond acceptors (Lipinski definition) is 4. The summed E-state index contributed by atoms with van der Waals surface area (Å²) in [6, 6.07) is 11.9. The highest BCUT2D eigenvalue weighted by atomic mass is 32.2. The molecule has 1 aliphatic rings. The van der Waals surface area contributed by atoms with Crippen LogP contribution in [0.3, 0.4) is 0 Å². The van der Waals surface area contributed by atoms with Gasteiger partial charge in [0.1, 0.15) is 16.8 Å². The van der Waals surface area contributed by atoms with Crippen LogP contribution in [0.1, 0.15) is 24.5 Å². The van der Waals surface area contributed by atoms with Crippen LogP contribution in [0.25, 0.3) is 0 Å². The fourth-order valence-electron chi connectivity index (χ4n) is 2.92. The number of rotatable bonds is 5. The summed E-state index contributed by atoms with van der Waals surface area (Å²) in [6.07, 6.45) is 0.0314. The molecule has 0 unspecified atom stereocenters. The van der Waals surface area contributed by atoms with E-state index in [1.165, 1.54) is 22.7 Å². The Kier molecular flexibility index (Phi) is 6.14. The number of hydrogen-bond donors (Lipinski definition) is 1. The Labute approximate surface area is 168 Å². The minimum Gasteiger partial charge on any atom is -0.326 e. The van der Waals surface area contributed by atoms with Gasteiger partial charge in [0.25, 0.3) is 0 Å². The summed E-state index contributed by atoms with van der Waals surface area (Å²) in [5.74, 6) is -0.864. The molecule has 1 fully saturated rings. The first-order chi connectivity index (χ1) is 13.4. The standard InChI is InChI=1S/C21H22FN3O2S/c1-4-25-20(27)18(28-21(25)24-17-10-6-5-9-15(17)22)12-19(26)23-16-11-7-8-13(2)14(16)3/h5-11,18H,4,12H2,1-3H3,(H,23,26)/t18-/m1/s1. The van der Waals surface area contributed by atoms with E-state index in [2.05, 4.69) is 10.3 Å². The second-order valence-corrected chi connectivity index (χ2v) is 7.70. The van der Waals surface area contributed by atoms with Crippen LogP contribution in [0.4, 0.5) is 15.8 Å². The Morgan fingerprint density at radius 3 is 2.68 bits per heavy atom. The van der Waals surface area contributed by atoms with Crippen molar-refractivity contribution < 1.29 is 14.0 Å². The third-order valence-electron chi connectivity index (χ3n) is 4.65. The van der Waals surface area contributed by atoms with Gasteiger partial charge < -0.3 is 5.32 Å². The number of amides is 2. The predicted octanol–water partition coefficient (Wildman–Crippen LogP) is 4.42. The number of benzene rings is 2. The van der Waals surface area contributed by atoms with Gasteiger partial charge in [0.2, 0.25) is 11.8 Å². The predicted molar refractivity (Wildman–Crippen MR) is 111 cm³/mol. The van der Waals surface area contributed by atoms with Gasteiger partial charge in [-0.25, -0.2) is 9.38 Å². The molecular formula is C21H22FN3O2S. The molecule has 28 heavy (non-hydrogen) atoms. The molecule has 0 aromatic heterocycles. The topological polar surface area (TPSA) is 61.8 Å². The molecule has 2 aromatic rings. The van der Waals surface area contributed by atoms with Crippen molar-refractivity contribution >= 4 is 40.1 Å². The van der Waals surface area contributed by atoms with Crippen LogP contribution in [0, 0.1) is 19.7 Å². The second-order valence-electron chi connectivity index (χ2n) is 6.53. The third kappa shape index (κ3) is 4.25. The summed E-state index contributed by atoms with van der Waals surface area (Å²) < 4.78 is 13.9. The lowest BCUT2D eigenvalue weighted by Gasteiger charge is -2.14. The molecule has 146 valence electrons. The van der Waals surface area contributed by atoms with Gasteiger partial charge in [0.15, 0.2) is 5.17 Å². The molecule has 0 radical (unpaired) electrons. The monoisotopic (exact) mass is 399 g/mol. The number of carbonyl (C=O) groups is 2. The van der Waals surface area contributed by atoms with Crippen LogP contribution >= 0.6 is 11.8 Å². The highest BCUT2D eigenvalue weighted by Gasteiger charge is 2.38. The zero-order valence-corrected chi connectivity index (χ0v) is 16.8. The molecule has 0 aliphatic carbocycles. The Morgan fingerprint density at radius 1 is 1.21 bits per heavy atom. The van der Waals surface area contributed by atoms with Crippen molar-refractivity contribution in [3.8, 4) is 0 Å². The molecule has 3 rings (SSSR count). The first kappa shape index (κ1) is 20.1. The molecule has 0 bridgehead atoms. The summed E-state index contributed by atoms with van der Waals surface area (Å²) in [5.41, 5.74) is 3.00. The average molecular weight is 399 g/mol. The Morgan fingerprint density at radius 2 is 1.96 bits per heavy atom. The fourth-order valence-corrected chi connectivity index (χ4v) is 4.13. The van der Waals surface area contributed by atoms with Gasteiger partial charge in [-0.2, -0.15) is 0 Å². The number of nitrogens with one attached hydrogen (secondary N) is 1. The summed E-state index contributed by atoms with van der Waals surface area (Å²) in [4.78, 5) is 31.0. The van der Waals surface area contributed by atoms with E-state index in [1.54, 1.807) is 18.2 Å². The molecule has 1 heterocycles. The Bertz CT molecular complexity index is 945. The molecule has 1 atom stereocenters. The average Bonchev–Trinajstić information content (AvgIpc) is 2.95. The maximum Gasteiger partial charge on any atom is 0.242 e. The maximum absolute atomic E-state index is 13.9. The largest absolute Gasteiger partial charge is 0.326 e. The Balaban J connectivity index is 1.74. The number of nitrogens with zero attached hydrogens (tertiary/aromatic N) is 2. The molecule has 1 N–H and O–H groups in total. The van der Waals surface area contributed by atoms with Gasteiger partial charge in [0.05, 0.1) is 0 Å². The van der Waals surface area contributed by atoms with Crippen LogP contribution in [0.15, 0.2) is 47.5 Å². The van der Waals surface area contributed by atoms with E-state index in [0.29, 0.717) is 11.7 Å². The molecule has 5 nitrogen and oxygen atoms in total. The number of amidine groups is 1. The van der Waals surface area contributed by atoms with Crippen LogP contribution in [0.5, 0.6) is 0 Å². The molecule has 0 saturated carbocycles. The highest BCUT2D eigenvalue weighted by Crippen LogP contribution is 2.32. The minimum absolute atomic E-state index is 0.0314. The van der Waals surface area contributed by atoms with Gasteiger partial charge in [-0.15, -0.1) is 0 Å². The molecule has 0 spiro atoms. The summed E-state index contributed by atoms with van der Waals surface area (Å²) in [7, 11) is 0. The fraction of sp³-hybridized carbons (Fsp3) is 0.286. The number of carbonyl (C=O) groups excluding carboxylic acids is 2.